The Kier molecular flexibility index (Phi) is 2.12. The summed E-state index contributed by atoms with van der Waals surface area (Å²) in [6.45, 7) is 3.97. The van der Waals surface area contributed by atoms with Gasteiger partial charge in [0, 0.05) is 10.6 Å². The minimum Gasteiger partial charge on any atom is -0.385 e. The summed E-state index contributed by atoms with van der Waals surface area (Å²) in [7, 11) is 0. The molecule has 1 atom stereocenters. The van der Waals surface area contributed by atoms with Gasteiger partial charge in [0.1, 0.15) is 0 Å². The summed E-state index contributed by atoms with van der Waals surface area (Å²) < 4.78 is 0. The van der Waals surface area contributed by atoms with Crippen LogP contribution in [0.1, 0.15) is 24.5 Å². The maximum absolute atomic E-state index is 10.1. The molecule has 1 aliphatic rings. The zero-order chi connectivity index (χ0) is 9.47. The van der Waals surface area contributed by atoms with Crippen LogP contribution in [0.2, 0.25) is 0 Å². The third-order valence-electron chi connectivity index (χ3n) is 2.56. The minimum atomic E-state index is -0.618. The van der Waals surface area contributed by atoms with Crippen LogP contribution in [-0.4, -0.2) is 10.9 Å². The molecule has 2 heteroatoms. The van der Waals surface area contributed by atoms with Crippen molar-refractivity contribution >= 4 is 11.8 Å². The van der Waals surface area contributed by atoms with Crippen LogP contribution in [0.15, 0.2) is 23.1 Å². The van der Waals surface area contributed by atoms with E-state index in [0.717, 1.165) is 17.7 Å². The molecule has 0 aliphatic carbocycles. The van der Waals surface area contributed by atoms with Gasteiger partial charge >= 0.3 is 0 Å². The lowest BCUT2D eigenvalue weighted by atomic mass is 9.92. The quantitative estimate of drug-likeness (QED) is 0.685. The van der Waals surface area contributed by atoms with E-state index in [0.29, 0.717) is 0 Å². The highest BCUT2D eigenvalue weighted by molar-refractivity contribution is 7.99. The van der Waals surface area contributed by atoms with Gasteiger partial charge in [-0.2, -0.15) is 0 Å². The van der Waals surface area contributed by atoms with Crippen LogP contribution in [0.5, 0.6) is 0 Å². The average Bonchev–Trinajstić information content (AvgIpc) is 2.06. The normalized spacial score (nSPS) is 27.0. The molecule has 1 aromatic carbocycles. The Hall–Kier alpha value is -0.470. The third kappa shape index (κ3) is 1.61. The van der Waals surface area contributed by atoms with Gasteiger partial charge in [0.15, 0.2) is 0 Å². The Morgan fingerprint density at radius 2 is 2.23 bits per heavy atom. The van der Waals surface area contributed by atoms with Crippen molar-refractivity contribution in [2.24, 2.45) is 0 Å². The van der Waals surface area contributed by atoms with E-state index >= 15 is 0 Å². The lowest BCUT2D eigenvalue weighted by Crippen LogP contribution is -2.25. The Morgan fingerprint density at radius 3 is 3.00 bits per heavy atom. The highest BCUT2D eigenvalue weighted by atomic mass is 32.2. The smallest absolute Gasteiger partial charge is 0.0887 e. The van der Waals surface area contributed by atoms with Crippen LogP contribution in [0.3, 0.4) is 0 Å². The van der Waals surface area contributed by atoms with Gasteiger partial charge in [-0.1, -0.05) is 17.7 Å². The molecule has 0 bridgehead atoms. The summed E-state index contributed by atoms with van der Waals surface area (Å²) in [6.07, 6.45) is 0.855. The van der Waals surface area contributed by atoms with E-state index in [1.807, 2.05) is 18.7 Å². The standard InChI is InChI=1S/C11H14OS/c1-8-3-4-10-9(7-8)11(2,12)5-6-13-10/h3-4,7,12H,5-6H2,1-2H3/t11-/m1/s1. The summed E-state index contributed by atoms with van der Waals surface area (Å²) in [6, 6.07) is 6.32. The molecule has 0 unspecified atom stereocenters. The average molecular weight is 194 g/mol. The number of rotatable bonds is 0. The number of aryl methyl sites for hydroxylation is 1. The van der Waals surface area contributed by atoms with Crippen LogP contribution >= 0.6 is 11.8 Å². The van der Waals surface area contributed by atoms with Crippen LogP contribution in [0.4, 0.5) is 0 Å². The van der Waals surface area contributed by atoms with Crippen LogP contribution < -0.4 is 0 Å². The summed E-state index contributed by atoms with van der Waals surface area (Å²) in [5.41, 5.74) is 1.71. The molecular weight excluding hydrogens is 180 g/mol. The number of hydrogen-bond donors (Lipinski definition) is 1. The first-order valence-electron chi connectivity index (χ1n) is 4.56. The molecule has 1 N–H and O–H groups in total. The summed E-state index contributed by atoms with van der Waals surface area (Å²) in [5.74, 6) is 1.02. The zero-order valence-corrected chi connectivity index (χ0v) is 8.82. The van der Waals surface area contributed by atoms with E-state index in [9.17, 15) is 5.11 Å². The highest BCUT2D eigenvalue weighted by Gasteiger charge is 2.29. The van der Waals surface area contributed by atoms with Crippen molar-refractivity contribution in [1.82, 2.24) is 0 Å². The highest BCUT2D eigenvalue weighted by Crippen LogP contribution is 2.40. The molecule has 1 nitrogen and oxygen atoms in total. The number of aliphatic hydroxyl groups is 1. The third-order valence-corrected chi connectivity index (χ3v) is 3.64. The van der Waals surface area contributed by atoms with E-state index < -0.39 is 5.60 Å². The molecular formula is C11H14OS. The molecule has 0 saturated carbocycles. The summed E-state index contributed by atoms with van der Waals surface area (Å²) in [5, 5.41) is 10.1. The molecule has 2 rings (SSSR count). The number of benzene rings is 1. The first-order chi connectivity index (χ1) is 6.09. The lowest BCUT2D eigenvalue weighted by Gasteiger charge is -2.30. The zero-order valence-electron chi connectivity index (χ0n) is 8.00. The Balaban J connectivity index is 2.55. The molecule has 0 fully saturated rings. The van der Waals surface area contributed by atoms with Crippen LogP contribution in [-0.2, 0) is 5.60 Å². The second kappa shape index (κ2) is 3.03. The molecule has 1 aromatic rings. The lowest BCUT2D eigenvalue weighted by molar-refractivity contribution is 0.0497. The van der Waals surface area contributed by atoms with E-state index in [2.05, 4.69) is 25.1 Å². The Labute approximate surface area is 83.2 Å². The van der Waals surface area contributed by atoms with Crippen LogP contribution in [0.25, 0.3) is 0 Å². The topological polar surface area (TPSA) is 20.2 Å². The fourth-order valence-corrected chi connectivity index (χ4v) is 3.00. The summed E-state index contributed by atoms with van der Waals surface area (Å²) in [4.78, 5) is 1.24. The fraction of sp³-hybridized carbons (Fsp3) is 0.455. The van der Waals surface area contributed by atoms with Gasteiger partial charge in [-0.05, 0) is 31.9 Å². The molecule has 13 heavy (non-hydrogen) atoms. The Bertz CT molecular complexity index is 331. The van der Waals surface area contributed by atoms with Crippen LogP contribution in [0, 0.1) is 6.92 Å². The SMILES string of the molecule is Cc1ccc2c(c1)[C@](C)(O)CCS2. The molecule has 1 heterocycles. The first kappa shape index (κ1) is 9.10. The minimum absolute atomic E-state index is 0.618. The predicted molar refractivity (Wildman–Crippen MR) is 56.1 cm³/mol. The van der Waals surface area contributed by atoms with Crippen molar-refractivity contribution in [3.8, 4) is 0 Å². The fourth-order valence-electron chi connectivity index (χ4n) is 1.68. The van der Waals surface area contributed by atoms with Gasteiger partial charge in [0.2, 0.25) is 0 Å². The van der Waals surface area contributed by atoms with Crippen molar-refractivity contribution in [3.63, 3.8) is 0 Å². The largest absolute Gasteiger partial charge is 0.385 e. The number of thioether (sulfide) groups is 1. The molecule has 1 aliphatic heterocycles. The van der Waals surface area contributed by atoms with Gasteiger partial charge < -0.3 is 5.11 Å². The molecule has 70 valence electrons. The monoisotopic (exact) mass is 194 g/mol. The van der Waals surface area contributed by atoms with Gasteiger partial charge in [-0.25, -0.2) is 0 Å². The van der Waals surface area contributed by atoms with E-state index in [1.165, 1.54) is 10.5 Å². The van der Waals surface area contributed by atoms with Gasteiger partial charge in [-0.3, -0.25) is 0 Å². The van der Waals surface area contributed by atoms with Crippen molar-refractivity contribution < 1.29 is 5.11 Å². The predicted octanol–water partition coefficient (Wildman–Crippen LogP) is 2.70. The van der Waals surface area contributed by atoms with Crippen molar-refractivity contribution in [2.45, 2.75) is 30.8 Å². The first-order valence-corrected chi connectivity index (χ1v) is 5.54. The maximum atomic E-state index is 10.1. The summed E-state index contributed by atoms with van der Waals surface area (Å²) >= 11 is 1.84. The van der Waals surface area contributed by atoms with Crippen molar-refractivity contribution in [3.05, 3.63) is 29.3 Å². The van der Waals surface area contributed by atoms with E-state index in [1.54, 1.807) is 0 Å². The molecule has 0 aromatic heterocycles. The van der Waals surface area contributed by atoms with E-state index in [-0.39, 0.29) is 0 Å². The van der Waals surface area contributed by atoms with Gasteiger partial charge in [0.25, 0.3) is 0 Å². The molecule has 0 spiro atoms. The molecule has 0 amide bonds. The second-order valence-electron chi connectivity index (χ2n) is 3.87. The van der Waals surface area contributed by atoms with Gasteiger partial charge in [0.05, 0.1) is 5.60 Å². The molecule has 0 saturated heterocycles. The Morgan fingerprint density at radius 1 is 1.46 bits per heavy atom. The van der Waals surface area contributed by atoms with Crippen molar-refractivity contribution in [2.75, 3.05) is 5.75 Å². The number of fused-ring (bicyclic) bond motifs is 1. The van der Waals surface area contributed by atoms with E-state index in [4.69, 9.17) is 0 Å². The second-order valence-corrected chi connectivity index (χ2v) is 5.01. The number of hydrogen-bond acceptors (Lipinski definition) is 2. The van der Waals surface area contributed by atoms with Gasteiger partial charge in [-0.15, -0.1) is 11.8 Å². The van der Waals surface area contributed by atoms with Crippen molar-refractivity contribution in [1.29, 1.82) is 0 Å². The maximum Gasteiger partial charge on any atom is 0.0887 e. The molecule has 0 radical (unpaired) electrons.